The van der Waals surface area contributed by atoms with Crippen molar-refractivity contribution in [2.24, 2.45) is 5.92 Å². The topological polar surface area (TPSA) is 29.5 Å². The van der Waals surface area contributed by atoms with E-state index in [4.69, 9.17) is 4.74 Å². The van der Waals surface area contributed by atoms with Crippen molar-refractivity contribution in [3.63, 3.8) is 0 Å². The van der Waals surface area contributed by atoms with Crippen molar-refractivity contribution in [2.45, 2.75) is 38.6 Å². The highest BCUT2D eigenvalue weighted by atomic mass is 19.1. The molecular formula is C17H22FNO2. The standard InChI is InChI=1S/C17H22FNO2/c1-2-21-17(20)13-7-9-19(10-8-13)16-6-4-12-3-5-14(18)11-15(12)16/h3,5,11,13,16H,2,4,6-10H2,1H3. The Morgan fingerprint density at radius 1 is 1.33 bits per heavy atom. The highest BCUT2D eigenvalue weighted by Gasteiger charge is 2.33. The van der Waals surface area contributed by atoms with E-state index in [1.807, 2.05) is 13.0 Å². The Kier molecular flexibility index (Phi) is 4.24. The Labute approximate surface area is 125 Å². The van der Waals surface area contributed by atoms with Crippen LogP contribution in [-0.2, 0) is 16.0 Å². The van der Waals surface area contributed by atoms with E-state index in [1.54, 1.807) is 12.1 Å². The van der Waals surface area contributed by atoms with Crippen LogP contribution in [0.15, 0.2) is 18.2 Å². The van der Waals surface area contributed by atoms with Gasteiger partial charge in [-0.1, -0.05) is 6.07 Å². The van der Waals surface area contributed by atoms with E-state index in [-0.39, 0.29) is 17.7 Å². The largest absolute Gasteiger partial charge is 0.466 e. The zero-order valence-electron chi connectivity index (χ0n) is 12.5. The summed E-state index contributed by atoms with van der Waals surface area (Å²) >= 11 is 0. The van der Waals surface area contributed by atoms with Gasteiger partial charge in [-0.15, -0.1) is 0 Å². The van der Waals surface area contributed by atoms with Crippen molar-refractivity contribution in [1.29, 1.82) is 0 Å². The second-order valence-electron chi connectivity index (χ2n) is 5.96. The molecule has 1 aromatic rings. The van der Waals surface area contributed by atoms with Crippen molar-refractivity contribution >= 4 is 5.97 Å². The number of likely N-dealkylation sites (tertiary alicyclic amines) is 1. The lowest BCUT2D eigenvalue weighted by Crippen LogP contribution is -2.38. The molecule has 0 spiro atoms. The average molecular weight is 291 g/mol. The Morgan fingerprint density at radius 3 is 2.81 bits per heavy atom. The van der Waals surface area contributed by atoms with Crippen LogP contribution in [-0.4, -0.2) is 30.6 Å². The van der Waals surface area contributed by atoms with Gasteiger partial charge < -0.3 is 4.74 Å². The summed E-state index contributed by atoms with van der Waals surface area (Å²) < 4.78 is 18.6. The number of benzene rings is 1. The second kappa shape index (κ2) is 6.14. The third-order valence-electron chi connectivity index (χ3n) is 4.74. The zero-order chi connectivity index (χ0) is 14.8. The molecule has 1 aliphatic heterocycles. The van der Waals surface area contributed by atoms with Gasteiger partial charge in [0.15, 0.2) is 0 Å². The molecule has 1 heterocycles. The summed E-state index contributed by atoms with van der Waals surface area (Å²) in [5.74, 6) is -0.174. The van der Waals surface area contributed by atoms with Gasteiger partial charge >= 0.3 is 5.97 Å². The average Bonchev–Trinajstić information content (AvgIpc) is 2.90. The fraction of sp³-hybridized carbons (Fsp3) is 0.588. The lowest BCUT2D eigenvalue weighted by Gasteiger charge is -2.35. The minimum absolute atomic E-state index is 0.0367. The van der Waals surface area contributed by atoms with E-state index >= 15 is 0 Å². The van der Waals surface area contributed by atoms with Gasteiger partial charge in [-0.05, 0) is 69.0 Å². The SMILES string of the molecule is CCOC(=O)C1CCN(C2CCc3ccc(F)cc32)CC1. The number of hydrogen-bond acceptors (Lipinski definition) is 3. The molecule has 0 aromatic heterocycles. The van der Waals surface area contributed by atoms with Crippen molar-refractivity contribution in [2.75, 3.05) is 19.7 Å². The van der Waals surface area contributed by atoms with Gasteiger partial charge in [-0.2, -0.15) is 0 Å². The predicted molar refractivity (Wildman–Crippen MR) is 78.4 cm³/mol. The minimum Gasteiger partial charge on any atom is -0.466 e. The molecule has 3 rings (SSSR count). The number of rotatable bonds is 3. The van der Waals surface area contributed by atoms with Crippen LogP contribution < -0.4 is 0 Å². The number of halogens is 1. The summed E-state index contributed by atoms with van der Waals surface area (Å²) in [5, 5.41) is 0. The lowest BCUT2D eigenvalue weighted by molar-refractivity contribution is -0.149. The van der Waals surface area contributed by atoms with Gasteiger partial charge in [-0.3, -0.25) is 9.69 Å². The van der Waals surface area contributed by atoms with Gasteiger partial charge in [0.25, 0.3) is 0 Å². The first-order chi connectivity index (χ1) is 10.2. The summed E-state index contributed by atoms with van der Waals surface area (Å²) in [4.78, 5) is 14.2. The maximum atomic E-state index is 13.5. The van der Waals surface area contributed by atoms with Crippen molar-refractivity contribution in [1.82, 2.24) is 4.90 Å². The van der Waals surface area contributed by atoms with Crippen molar-refractivity contribution < 1.29 is 13.9 Å². The minimum atomic E-state index is -0.151. The number of carbonyl (C=O) groups excluding carboxylic acids is 1. The maximum Gasteiger partial charge on any atom is 0.309 e. The third kappa shape index (κ3) is 2.95. The Balaban J connectivity index is 1.64. The molecule has 114 valence electrons. The first-order valence-electron chi connectivity index (χ1n) is 7.88. The van der Waals surface area contributed by atoms with Crippen LogP contribution in [0.4, 0.5) is 4.39 Å². The number of carbonyl (C=O) groups is 1. The molecule has 0 N–H and O–H groups in total. The monoisotopic (exact) mass is 291 g/mol. The third-order valence-corrected chi connectivity index (χ3v) is 4.74. The fourth-order valence-electron chi connectivity index (χ4n) is 3.64. The van der Waals surface area contributed by atoms with Gasteiger partial charge in [0.05, 0.1) is 12.5 Å². The van der Waals surface area contributed by atoms with Crippen LogP contribution in [0.1, 0.15) is 43.4 Å². The molecule has 4 heteroatoms. The predicted octanol–water partition coefficient (Wildman–Crippen LogP) is 3.09. The van der Waals surface area contributed by atoms with Gasteiger partial charge in [0.2, 0.25) is 0 Å². The number of fused-ring (bicyclic) bond motifs is 1. The van der Waals surface area contributed by atoms with Crippen LogP contribution >= 0.6 is 0 Å². The molecule has 0 saturated carbocycles. The molecule has 21 heavy (non-hydrogen) atoms. The van der Waals surface area contributed by atoms with E-state index in [9.17, 15) is 9.18 Å². The summed E-state index contributed by atoms with van der Waals surface area (Å²) in [7, 11) is 0. The first-order valence-corrected chi connectivity index (χ1v) is 7.88. The maximum absolute atomic E-state index is 13.5. The van der Waals surface area contributed by atoms with E-state index in [0.29, 0.717) is 12.6 Å². The van der Waals surface area contributed by atoms with E-state index in [2.05, 4.69) is 4.90 Å². The van der Waals surface area contributed by atoms with Gasteiger partial charge in [0, 0.05) is 6.04 Å². The molecule has 1 atom stereocenters. The highest BCUT2D eigenvalue weighted by Crippen LogP contribution is 2.38. The summed E-state index contributed by atoms with van der Waals surface area (Å²) in [6, 6.07) is 5.47. The molecule has 1 aliphatic carbocycles. The quantitative estimate of drug-likeness (QED) is 0.802. The zero-order valence-corrected chi connectivity index (χ0v) is 12.5. The fourth-order valence-corrected chi connectivity index (χ4v) is 3.64. The number of piperidine rings is 1. The second-order valence-corrected chi connectivity index (χ2v) is 5.96. The Morgan fingerprint density at radius 2 is 2.10 bits per heavy atom. The molecule has 0 bridgehead atoms. The molecule has 2 aliphatic rings. The molecular weight excluding hydrogens is 269 g/mol. The smallest absolute Gasteiger partial charge is 0.309 e. The van der Waals surface area contributed by atoms with Crippen LogP contribution in [0.5, 0.6) is 0 Å². The van der Waals surface area contributed by atoms with Crippen molar-refractivity contribution in [3.05, 3.63) is 35.1 Å². The van der Waals surface area contributed by atoms with Crippen LogP contribution in [0, 0.1) is 11.7 Å². The van der Waals surface area contributed by atoms with Crippen LogP contribution in [0.25, 0.3) is 0 Å². The summed E-state index contributed by atoms with van der Waals surface area (Å²) in [6.45, 7) is 4.08. The van der Waals surface area contributed by atoms with E-state index in [0.717, 1.165) is 44.3 Å². The molecule has 1 fully saturated rings. The highest BCUT2D eigenvalue weighted by molar-refractivity contribution is 5.72. The number of ether oxygens (including phenoxy) is 1. The van der Waals surface area contributed by atoms with Gasteiger partial charge in [0.1, 0.15) is 5.82 Å². The summed E-state index contributed by atoms with van der Waals surface area (Å²) in [5.41, 5.74) is 2.42. The molecule has 1 saturated heterocycles. The Bertz CT molecular complexity index is 524. The molecule has 1 unspecified atom stereocenters. The number of esters is 1. The van der Waals surface area contributed by atoms with Gasteiger partial charge in [-0.25, -0.2) is 4.39 Å². The molecule has 0 amide bonds. The molecule has 0 radical (unpaired) electrons. The normalized spacial score (nSPS) is 23.0. The van der Waals surface area contributed by atoms with Crippen LogP contribution in [0.2, 0.25) is 0 Å². The van der Waals surface area contributed by atoms with Crippen molar-refractivity contribution in [3.8, 4) is 0 Å². The van der Waals surface area contributed by atoms with Crippen LogP contribution in [0.3, 0.4) is 0 Å². The first kappa shape index (κ1) is 14.5. The number of aryl methyl sites for hydroxylation is 1. The molecule has 3 nitrogen and oxygen atoms in total. The molecule has 1 aromatic carbocycles. The summed E-state index contributed by atoms with van der Waals surface area (Å²) in [6.07, 6.45) is 3.78. The van der Waals surface area contributed by atoms with E-state index in [1.165, 1.54) is 5.56 Å². The number of hydrogen-bond donors (Lipinski definition) is 0. The number of nitrogens with zero attached hydrogens (tertiary/aromatic N) is 1. The lowest BCUT2D eigenvalue weighted by atomic mass is 9.94. The van der Waals surface area contributed by atoms with E-state index < -0.39 is 0 Å². The Hall–Kier alpha value is -1.42.